The van der Waals surface area contributed by atoms with Crippen molar-refractivity contribution in [3.8, 4) is 11.5 Å². The first-order chi connectivity index (χ1) is 8.33. The van der Waals surface area contributed by atoms with Gasteiger partial charge in [-0.1, -0.05) is 18.2 Å². The molecule has 1 rings (SSSR count). The van der Waals surface area contributed by atoms with Gasteiger partial charge in [-0.3, -0.25) is 0 Å². The number of methoxy groups -OCH3 is 1. The Morgan fingerprint density at radius 3 is 2.88 bits per heavy atom. The highest BCUT2D eigenvalue weighted by atomic mass is 16.5. The lowest BCUT2D eigenvalue weighted by atomic mass is 10.1. The number of ether oxygens (including phenoxy) is 2. The zero-order chi connectivity index (χ0) is 12.5. The Kier molecular flexibility index (Phi) is 6.18. The fraction of sp³-hybridized carbons (Fsp3) is 0.429. The van der Waals surface area contributed by atoms with E-state index in [1.165, 1.54) is 0 Å². The molecule has 0 atom stereocenters. The largest absolute Gasteiger partial charge is 0.493 e. The summed E-state index contributed by atoms with van der Waals surface area (Å²) in [4.78, 5) is 0. The van der Waals surface area contributed by atoms with Gasteiger partial charge in [0.25, 0.3) is 0 Å². The molecular weight excluding hydrogens is 214 g/mol. The van der Waals surface area contributed by atoms with E-state index in [-0.39, 0.29) is 0 Å². The molecule has 0 aliphatic rings. The van der Waals surface area contributed by atoms with Crippen LogP contribution in [0.25, 0.3) is 0 Å². The quantitative estimate of drug-likeness (QED) is 0.556. The van der Waals surface area contributed by atoms with Gasteiger partial charge in [0.1, 0.15) is 0 Å². The molecule has 0 radical (unpaired) electrons. The fourth-order valence-corrected chi connectivity index (χ4v) is 1.64. The molecule has 17 heavy (non-hydrogen) atoms. The van der Waals surface area contributed by atoms with Crippen molar-refractivity contribution in [2.75, 3.05) is 20.3 Å². The molecule has 2 N–H and O–H groups in total. The Morgan fingerprint density at radius 1 is 1.41 bits per heavy atom. The molecule has 0 heterocycles. The Labute approximate surface area is 103 Å². The summed E-state index contributed by atoms with van der Waals surface area (Å²) in [5, 5.41) is 0. The Hall–Kier alpha value is -1.48. The van der Waals surface area contributed by atoms with Gasteiger partial charge >= 0.3 is 0 Å². The van der Waals surface area contributed by atoms with Crippen molar-refractivity contribution in [2.24, 2.45) is 5.73 Å². The van der Waals surface area contributed by atoms with Crippen LogP contribution in [0.1, 0.15) is 18.4 Å². The summed E-state index contributed by atoms with van der Waals surface area (Å²) in [6, 6.07) is 5.89. The van der Waals surface area contributed by atoms with Gasteiger partial charge in [-0.25, -0.2) is 0 Å². The Bertz CT molecular complexity index is 350. The lowest BCUT2D eigenvalue weighted by Gasteiger charge is -2.14. The Morgan fingerprint density at radius 2 is 2.24 bits per heavy atom. The molecule has 0 saturated heterocycles. The van der Waals surface area contributed by atoms with E-state index in [0.717, 1.165) is 36.3 Å². The van der Waals surface area contributed by atoms with Crippen molar-refractivity contribution < 1.29 is 9.47 Å². The third-order valence-electron chi connectivity index (χ3n) is 2.49. The maximum absolute atomic E-state index is 5.79. The van der Waals surface area contributed by atoms with Crippen LogP contribution in [0.2, 0.25) is 0 Å². The van der Waals surface area contributed by atoms with Gasteiger partial charge in [-0.2, -0.15) is 0 Å². The summed E-state index contributed by atoms with van der Waals surface area (Å²) in [7, 11) is 1.65. The second-order valence-electron chi connectivity index (χ2n) is 3.77. The van der Waals surface area contributed by atoms with Gasteiger partial charge in [-0.15, -0.1) is 6.58 Å². The van der Waals surface area contributed by atoms with E-state index in [9.17, 15) is 0 Å². The highest BCUT2D eigenvalue weighted by Gasteiger charge is 2.09. The molecule has 0 aliphatic heterocycles. The van der Waals surface area contributed by atoms with Crippen molar-refractivity contribution in [1.82, 2.24) is 0 Å². The van der Waals surface area contributed by atoms with Crippen LogP contribution >= 0.6 is 0 Å². The summed E-state index contributed by atoms with van der Waals surface area (Å²) in [5.74, 6) is 1.60. The maximum atomic E-state index is 5.79. The molecule has 0 amide bonds. The zero-order valence-electron chi connectivity index (χ0n) is 10.4. The smallest absolute Gasteiger partial charge is 0.164 e. The predicted molar refractivity (Wildman–Crippen MR) is 70.7 cm³/mol. The highest BCUT2D eigenvalue weighted by Crippen LogP contribution is 2.31. The van der Waals surface area contributed by atoms with Crippen molar-refractivity contribution in [2.45, 2.75) is 19.3 Å². The average molecular weight is 235 g/mol. The van der Waals surface area contributed by atoms with E-state index in [4.69, 9.17) is 15.2 Å². The van der Waals surface area contributed by atoms with Crippen LogP contribution in [0.15, 0.2) is 30.9 Å². The maximum Gasteiger partial charge on any atom is 0.164 e. The van der Waals surface area contributed by atoms with Crippen LogP contribution in [0.4, 0.5) is 0 Å². The lowest BCUT2D eigenvalue weighted by molar-refractivity contribution is 0.287. The van der Waals surface area contributed by atoms with E-state index in [0.29, 0.717) is 13.2 Å². The molecule has 0 fully saturated rings. The van der Waals surface area contributed by atoms with E-state index in [1.54, 1.807) is 7.11 Å². The molecule has 3 heteroatoms. The van der Waals surface area contributed by atoms with Crippen molar-refractivity contribution in [3.63, 3.8) is 0 Å². The molecule has 3 nitrogen and oxygen atoms in total. The van der Waals surface area contributed by atoms with Crippen LogP contribution in [0.3, 0.4) is 0 Å². The molecule has 1 aromatic carbocycles. The second kappa shape index (κ2) is 7.74. The predicted octanol–water partition coefficient (Wildman–Crippen LogP) is 2.54. The van der Waals surface area contributed by atoms with Gasteiger partial charge in [-0.05, 0) is 37.4 Å². The van der Waals surface area contributed by atoms with Gasteiger partial charge in [0.2, 0.25) is 0 Å². The minimum Gasteiger partial charge on any atom is -0.493 e. The van der Waals surface area contributed by atoms with Crippen LogP contribution in [-0.2, 0) is 6.42 Å². The van der Waals surface area contributed by atoms with Gasteiger partial charge in [0, 0.05) is 0 Å². The monoisotopic (exact) mass is 235 g/mol. The average Bonchev–Trinajstić information content (AvgIpc) is 2.36. The van der Waals surface area contributed by atoms with Crippen LogP contribution in [-0.4, -0.2) is 20.3 Å². The number of nitrogens with two attached hydrogens (primary N) is 1. The van der Waals surface area contributed by atoms with Crippen molar-refractivity contribution in [1.29, 1.82) is 0 Å². The highest BCUT2D eigenvalue weighted by molar-refractivity contribution is 5.46. The molecule has 1 aromatic rings. The second-order valence-corrected chi connectivity index (χ2v) is 3.77. The number of rotatable bonds is 8. The number of hydrogen-bond donors (Lipinski definition) is 1. The third-order valence-corrected chi connectivity index (χ3v) is 2.49. The summed E-state index contributed by atoms with van der Waals surface area (Å²) in [5.41, 5.74) is 6.69. The first kappa shape index (κ1) is 13.6. The number of para-hydroxylation sites is 1. The van der Waals surface area contributed by atoms with Gasteiger partial charge in [0.15, 0.2) is 11.5 Å². The fourth-order valence-electron chi connectivity index (χ4n) is 1.64. The van der Waals surface area contributed by atoms with E-state index < -0.39 is 0 Å². The van der Waals surface area contributed by atoms with Crippen LogP contribution in [0.5, 0.6) is 11.5 Å². The Balaban J connectivity index is 2.73. The van der Waals surface area contributed by atoms with Gasteiger partial charge < -0.3 is 15.2 Å². The normalized spacial score (nSPS) is 10.0. The summed E-state index contributed by atoms with van der Waals surface area (Å²) in [6.07, 6.45) is 4.62. The van der Waals surface area contributed by atoms with E-state index >= 15 is 0 Å². The molecule has 94 valence electrons. The topological polar surface area (TPSA) is 44.5 Å². The molecule has 0 saturated carbocycles. The number of benzene rings is 1. The first-order valence-corrected chi connectivity index (χ1v) is 5.93. The van der Waals surface area contributed by atoms with Crippen molar-refractivity contribution >= 4 is 0 Å². The number of unbranched alkanes of at least 4 members (excludes halogenated alkanes) is 1. The minimum absolute atomic E-state index is 0.607. The van der Waals surface area contributed by atoms with E-state index in [1.807, 2.05) is 24.3 Å². The van der Waals surface area contributed by atoms with Crippen molar-refractivity contribution in [3.05, 3.63) is 36.4 Å². The standard InChI is InChI=1S/C14H21NO2/c1-3-4-5-11-17-14-12(9-10-15)7-6-8-13(14)16-2/h3,6-8H,1,4-5,9-11,15H2,2H3. The SMILES string of the molecule is C=CCCCOc1c(CCN)cccc1OC. The lowest BCUT2D eigenvalue weighted by Crippen LogP contribution is -2.07. The molecule has 0 bridgehead atoms. The zero-order valence-corrected chi connectivity index (χ0v) is 10.4. The molecule has 0 aliphatic carbocycles. The molecule has 0 unspecified atom stereocenters. The summed E-state index contributed by atoms with van der Waals surface area (Å²) >= 11 is 0. The van der Waals surface area contributed by atoms with Crippen LogP contribution in [0, 0.1) is 0 Å². The van der Waals surface area contributed by atoms with Crippen LogP contribution < -0.4 is 15.2 Å². The van der Waals surface area contributed by atoms with Gasteiger partial charge in [0.05, 0.1) is 13.7 Å². The summed E-state index contributed by atoms with van der Waals surface area (Å²) in [6.45, 7) is 4.97. The summed E-state index contributed by atoms with van der Waals surface area (Å²) < 4.78 is 11.1. The number of hydrogen-bond acceptors (Lipinski definition) is 3. The molecule has 0 spiro atoms. The third kappa shape index (κ3) is 4.11. The molecular formula is C14H21NO2. The molecule has 0 aromatic heterocycles. The van der Waals surface area contributed by atoms with E-state index in [2.05, 4.69) is 6.58 Å². The minimum atomic E-state index is 0.607. The number of allylic oxidation sites excluding steroid dienone is 1. The first-order valence-electron chi connectivity index (χ1n) is 5.93.